The van der Waals surface area contributed by atoms with E-state index in [9.17, 15) is 0 Å². The van der Waals surface area contributed by atoms with E-state index in [-0.39, 0.29) is 0 Å². The van der Waals surface area contributed by atoms with E-state index in [4.69, 9.17) is 4.74 Å². The summed E-state index contributed by atoms with van der Waals surface area (Å²) in [5.41, 5.74) is 5.17. The number of aryl methyl sites for hydroxylation is 3. The van der Waals surface area contributed by atoms with E-state index in [2.05, 4.69) is 27.4 Å². The Balaban J connectivity index is 2.56. The summed E-state index contributed by atoms with van der Waals surface area (Å²) in [6.45, 7) is 6.06. The topological polar surface area (TPSA) is 47.0 Å². The van der Waals surface area contributed by atoms with Crippen molar-refractivity contribution in [3.05, 3.63) is 35.0 Å². The Kier molecular flexibility index (Phi) is 3.69. The van der Waals surface area contributed by atoms with Crippen molar-refractivity contribution in [3.63, 3.8) is 0 Å². The van der Waals surface area contributed by atoms with Crippen molar-refractivity contribution < 1.29 is 4.74 Å². The summed E-state index contributed by atoms with van der Waals surface area (Å²) in [5, 5.41) is 2.98. The van der Waals surface area contributed by atoms with Gasteiger partial charge in [-0.05, 0) is 50.1 Å². The Morgan fingerprint density at radius 1 is 1.00 bits per heavy atom. The van der Waals surface area contributed by atoms with Crippen molar-refractivity contribution in [2.45, 2.75) is 20.8 Å². The van der Waals surface area contributed by atoms with Crippen LogP contribution in [0.4, 0.5) is 5.95 Å². The minimum atomic E-state index is 0.640. The number of rotatable bonds is 3. The third-order valence-electron chi connectivity index (χ3n) is 3.04. The lowest BCUT2D eigenvalue weighted by molar-refractivity contribution is 0.408. The fourth-order valence-electron chi connectivity index (χ4n) is 2.25. The van der Waals surface area contributed by atoms with Crippen molar-refractivity contribution >= 4 is 5.95 Å². The number of aromatic nitrogens is 2. The Labute approximate surface area is 113 Å². The van der Waals surface area contributed by atoms with Crippen molar-refractivity contribution in [2.75, 3.05) is 19.5 Å². The maximum Gasteiger partial charge on any atom is 0.223 e. The molecule has 0 aliphatic rings. The van der Waals surface area contributed by atoms with Crippen molar-refractivity contribution in [3.8, 4) is 17.0 Å². The second-order valence-corrected chi connectivity index (χ2v) is 4.61. The predicted octanol–water partition coefficient (Wildman–Crippen LogP) is 3.12. The molecule has 0 radical (unpaired) electrons. The summed E-state index contributed by atoms with van der Waals surface area (Å²) in [5.74, 6) is 1.57. The number of hydrogen-bond acceptors (Lipinski definition) is 4. The van der Waals surface area contributed by atoms with Gasteiger partial charge in [0.15, 0.2) is 0 Å². The van der Waals surface area contributed by atoms with E-state index >= 15 is 0 Å². The lowest BCUT2D eigenvalue weighted by Crippen LogP contribution is -2.00. The molecule has 0 amide bonds. The SMILES string of the molecule is CNc1nc(C)cc(-c2cc(C)c(OC)c(C)c2)n1. The number of hydrogen-bond donors (Lipinski definition) is 1. The van der Waals surface area contributed by atoms with Gasteiger partial charge >= 0.3 is 0 Å². The summed E-state index contributed by atoms with van der Waals surface area (Å²) >= 11 is 0. The highest BCUT2D eigenvalue weighted by Crippen LogP contribution is 2.29. The molecule has 0 aliphatic carbocycles. The zero-order valence-electron chi connectivity index (χ0n) is 12.0. The van der Waals surface area contributed by atoms with Crippen LogP contribution >= 0.6 is 0 Å². The number of nitrogens with zero attached hydrogens (tertiary/aromatic N) is 2. The van der Waals surface area contributed by atoms with Crippen LogP contribution in [0.15, 0.2) is 18.2 Å². The summed E-state index contributed by atoms with van der Waals surface area (Å²) in [4.78, 5) is 8.81. The molecule has 19 heavy (non-hydrogen) atoms. The van der Waals surface area contributed by atoms with Crippen LogP contribution in [0, 0.1) is 20.8 Å². The van der Waals surface area contributed by atoms with Gasteiger partial charge in [-0.2, -0.15) is 0 Å². The van der Waals surface area contributed by atoms with E-state index in [1.165, 1.54) is 0 Å². The number of benzene rings is 1. The van der Waals surface area contributed by atoms with E-state index in [1.54, 1.807) is 7.11 Å². The summed E-state index contributed by atoms with van der Waals surface area (Å²) in [6.07, 6.45) is 0. The minimum Gasteiger partial charge on any atom is -0.496 e. The van der Waals surface area contributed by atoms with Crippen LogP contribution in [-0.2, 0) is 0 Å². The smallest absolute Gasteiger partial charge is 0.223 e. The van der Waals surface area contributed by atoms with Crippen LogP contribution < -0.4 is 10.1 Å². The zero-order chi connectivity index (χ0) is 14.0. The first kappa shape index (κ1) is 13.3. The fraction of sp³-hybridized carbons (Fsp3) is 0.333. The molecule has 1 heterocycles. The molecule has 4 nitrogen and oxygen atoms in total. The number of ether oxygens (including phenoxy) is 1. The molecule has 0 saturated heterocycles. The molecular weight excluding hydrogens is 238 g/mol. The standard InChI is InChI=1S/C15H19N3O/c1-9-6-12(7-10(2)14(9)19-5)13-8-11(3)17-15(16-4)18-13/h6-8H,1-5H3,(H,16,17,18). The van der Waals surface area contributed by atoms with Crippen LogP contribution in [0.25, 0.3) is 11.3 Å². The van der Waals surface area contributed by atoms with Gasteiger partial charge in [0.25, 0.3) is 0 Å². The molecule has 0 atom stereocenters. The largest absolute Gasteiger partial charge is 0.496 e. The van der Waals surface area contributed by atoms with Gasteiger partial charge in [0.2, 0.25) is 5.95 Å². The van der Waals surface area contributed by atoms with Gasteiger partial charge in [-0.15, -0.1) is 0 Å². The van der Waals surface area contributed by atoms with Gasteiger partial charge in [-0.25, -0.2) is 9.97 Å². The van der Waals surface area contributed by atoms with E-state index in [0.29, 0.717) is 5.95 Å². The highest BCUT2D eigenvalue weighted by atomic mass is 16.5. The molecule has 100 valence electrons. The Morgan fingerprint density at radius 3 is 2.16 bits per heavy atom. The first-order valence-electron chi connectivity index (χ1n) is 6.24. The minimum absolute atomic E-state index is 0.640. The second kappa shape index (κ2) is 5.26. The predicted molar refractivity (Wildman–Crippen MR) is 77.8 cm³/mol. The molecular formula is C15H19N3O. The zero-order valence-corrected chi connectivity index (χ0v) is 12.0. The van der Waals surface area contributed by atoms with Gasteiger partial charge in [0, 0.05) is 18.3 Å². The normalized spacial score (nSPS) is 10.4. The maximum absolute atomic E-state index is 5.39. The Bertz CT molecular complexity index is 585. The summed E-state index contributed by atoms with van der Waals surface area (Å²) < 4.78 is 5.39. The monoisotopic (exact) mass is 257 g/mol. The molecule has 0 unspecified atom stereocenters. The molecule has 0 aliphatic heterocycles. The molecule has 1 N–H and O–H groups in total. The average Bonchev–Trinajstić information content (AvgIpc) is 2.37. The Morgan fingerprint density at radius 2 is 1.63 bits per heavy atom. The molecule has 2 aromatic rings. The molecule has 0 bridgehead atoms. The quantitative estimate of drug-likeness (QED) is 0.917. The third kappa shape index (κ3) is 2.67. The number of methoxy groups -OCH3 is 1. The molecule has 1 aromatic carbocycles. The average molecular weight is 257 g/mol. The second-order valence-electron chi connectivity index (χ2n) is 4.61. The summed E-state index contributed by atoms with van der Waals surface area (Å²) in [7, 11) is 3.52. The molecule has 0 spiro atoms. The Hall–Kier alpha value is -2.10. The van der Waals surface area contributed by atoms with Crippen molar-refractivity contribution in [1.29, 1.82) is 0 Å². The molecule has 4 heteroatoms. The lowest BCUT2D eigenvalue weighted by Gasteiger charge is -2.12. The first-order valence-corrected chi connectivity index (χ1v) is 6.24. The van der Waals surface area contributed by atoms with Gasteiger partial charge < -0.3 is 10.1 Å². The highest BCUT2D eigenvalue weighted by Gasteiger charge is 2.09. The van der Waals surface area contributed by atoms with E-state index < -0.39 is 0 Å². The summed E-state index contributed by atoms with van der Waals surface area (Å²) in [6, 6.07) is 6.17. The van der Waals surface area contributed by atoms with Gasteiger partial charge in [0.05, 0.1) is 12.8 Å². The van der Waals surface area contributed by atoms with Crippen LogP contribution in [0.2, 0.25) is 0 Å². The highest BCUT2D eigenvalue weighted by molar-refractivity contribution is 5.65. The van der Waals surface area contributed by atoms with Crippen molar-refractivity contribution in [2.24, 2.45) is 0 Å². The van der Waals surface area contributed by atoms with E-state index in [1.807, 2.05) is 33.9 Å². The number of anilines is 1. The number of nitrogens with one attached hydrogen (secondary N) is 1. The third-order valence-corrected chi connectivity index (χ3v) is 3.04. The van der Waals surface area contributed by atoms with Crippen molar-refractivity contribution in [1.82, 2.24) is 9.97 Å². The fourth-order valence-corrected chi connectivity index (χ4v) is 2.25. The first-order chi connectivity index (χ1) is 9.05. The van der Waals surface area contributed by atoms with Crippen LogP contribution in [0.1, 0.15) is 16.8 Å². The van der Waals surface area contributed by atoms with E-state index in [0.717, 1.165) is 33.8 Å². The molecule has 0 fully saturated rings. The molecule has 1 aromatic heterocycles. The van der Waals surface area contributed by atoms with Crippen LogP contribution in [-0.4, -0.2) is 24.1 Å². The molecule has 2 rings (SSSR count). The lowest BCUT2D eigenvalue weighted by atomic mass is 10.0. The molecule has 0 saturated carbocycles. The van der Waals surface area contributed by atoms with Gasteiger partial charge in [-0.3, -0.25) is 0 Å². The maximum atomic E-state index is 5.39. The van der Waals surface area contributed by atoms with Gasteiger partial charge in [-0.1, -0.05) is 0 Å². The van der Waals surface area contributed by atoms with Crippen LogP contribution in [0.5, 0.6) is 5.75 Å². The van der Waals surface area contributed by atoms with Crippen LogP contribution in [0.3, 0.4) is 0 Å². The van der Waals surface area contributed by atoms with Gasteiger partial charge in [0.1, 0.15) is 5.75 Å².